The second kappa shape index (κ2) is 10.8. The summed E-state index contributed by atoms with van der Waals surface area (Å²) < 4.78 is 0. The van der Waals surface area contributed by atoms with Crippen LogP contribution in [-0.4, -0.2) is 75.8 Å². The predicted molar refractivity (Wildman–Crippen MR) is 81.8 cm³/mol. The van der Waals surface area contributed by atoms with Gasteiger partial charge in [0.15, 0.2) is 0 Å². The maximum atomic E-state index is 11.9. The van der Waals surface area contributed by atoms with Gasteiger partial charge in [0.1, 0.15) is 12.1 Å². The SMILES string of the molecule is CSCC[C@H](N)C(=O)N[C@@H](CO)C(=O)N[C@@H](CC(=O)O)C(=O)O. The largest absolute Gasteiger partial charge is 0.481 e. The zero-order chi connectivity index (χ0) is 18.0. The Kier molecular flexibility index (Phi) is 9.94. The normalized spacial score (nSPS) is 14.4. The number of rotatable bonds is 11. The lowest BCUT2D eigenvalue weighted by molar-refractivity contribution is -0.147. The number of thioether (sulfide) groups is 1. The lowest BCUT2D eigenvalue weighted by atomic mass is 10.1. The van der Waals surface area contributed by atoms with Gasteiger partial charge in [0.25, 0.3) is 0 Å². The summed E-state index contributed by atoms with van der Waals surface area (Å²) in [6.07, 6.45) is 1.37. The number of nitrogens with one attached hydrogen (secondary N) is 2. The van der Waals surface area contributed by atoms with E-state index >= 15 is 0 Å². The molecule has 11 heteroatoms. The van der Waals surface area contributed by atoms with Crippen molar-refractivity contribution in [1.82, 2.24) is 10.6 Å². The van der Waals surface area contributed by atoms with Crippen LogP contribution in [0.1, 0.15) is 12.8 Å². The molecule has 0 bridgehead atoms. The van der Waals surface area contributed by atoms with E-state index in [1.165, 1.54) is 11.8 Å². The topological polar surface area (TPSA) is 179 Å². The first kappa shape index (κ1) is 21.1. The summed E-state index contributed by atoms with van der Waals surface area (Å²) in [5.74, 6) is -4.00. The number of hydrogen-bond acceptors (Lipinski definition) is 7. The highest BCUT2D eigenvalue weighted by molar-refractivity contribution is 7.98. The first-order chi connectivity index (χ1) is 10.7. The molecule has 0 aromatic carbocycles. The van der Waals surface area contributed by atoms with Gasteiger partial charge in [-0.2, -0.15) is 11.8 Å². The average molecular weight is 351 g/mol. The van der Waals surface area contributed by atoms with E-state index in [-0.39, 0.29) is 0 Å². The van der Waals surface area contributed by atoms with E-state index in [0.29, 0.717) is 12.2 Å². The zero-order valence-electron chi connectivity index (χ0n) is 12.5. The monoisotopic (exact) mass is 351 g/mol. The fraction of sp³-hybridized carbons (Fsp3) is 0.667. The quantitative estimate of drug-likeness (QED) is 0.236. The number of aliphatic hydroxyl groups is 1. The average Bonchev–Trinajstić information content (AvgIpc) is 2.48. The van der Waals surface area contributed by atoms with E-state index in [9.17, 15) is 19.2 Å². The second-order valence-electron chi connectivity index (χ2n) is 4.63. The maximum absolute atomic E-state index is 11.9. The molecule has 0 fully saturated rings. The molecule has 0 aromatic heterocycles. The highest BCUT2D eigenvalue weighted by Gasteiger charge is 2.28. The summed E-state index contributed by atoms with van der Waals surface area (Å²) in [7, 11) is 0. The van der Waals surface area contributed by atoms with E-state index in [4.69, 9.17) is 21.1 Å². The molecule has 23 heavy (non-hydrogen) atoms. The molecule has 0 heterocycles. The Balaban J connectivity index is 4.69. The molecule has 0 aliphatic carbocycles. The Morgan fingerprint density at radius 2 is 1.65 bits per heavy atom. The van der Waals surface area contributed by atoms with Crippen molar-refractivity contribution in [2.24, 2.45) is 5.73 Å². The molecule has 0 radical (unpaired) electrons. The van der Waals surface area contributed by atoms with Crippen molar-refractivity contribution in [3.05, 3.63) is 0 Å². The Labute approximate surface area is 136 Å². The third kappa shape index (κ3) is 8.38. The van der Waals surface area contributed by atoms with Gasteiger partial charge in [-0.1, -0.05) is 0 Å². The summed E-state index contributed by atoms with van der Waals surface area (Å²) in [4.78, 5) is 45.1. The van der Waals surface area contributed by atoms with E-state index in [2.05, 4.69) is 5.32 Å². The first-order valence-corrected chi connectivity index (χ1v) is 8.03. The van der Waals surface area contributed by atoms with Crippen LogP contribution >= 0.6 is 11.8 Å². The molecule has 0 saturated carbocycles. The van der Waals surface area contributed by atoms with Crippen LogP contribution in [0.3, 0.4) is 0 Å². The molecule has 10 nitrogen and oxygen atoms in total. The van der Waals surface area contributed by atoms with Crippen molar-refractivity contribution in [3.8, 4) is 0 Å². The molecule has 3 atom stereocenters. The van der Waals surface area contributed by atoms with Crippen LogP contribution in [0.15, 0.2) is 0 Å². The summed E-state index contributed by atoms with van der Waals surface area (Å²) in [6, 6.07) is -3.96. The third-order valence-electron chi connectivity index (χ3n) is 2.78. The summed E-state index contributed by atoms with van der Waals surface area (Å²) in [5, 5.41) is 30.7. The standard InChI is InChI=1S/C12H21N3O7S/c1-23-3-2-6(13)10(19)15-8(5-16)11(20)14-7(12(21)22)4-9(17)18/h6-8,16H,2-5,13H2,1H3,(H,14,20)(H,15,19)(H,17,18)(H,21,22)/t6-,7-,8-/m0/s1. The van der Waals surface area contributed by atoms with Gasteiger partial charge in [0.2, 0.25) is 11.8 Å². The molecule has 0 rings (SSSR count). The number of aliphatic hydroxyl groups excluding tert-OH is 1. The number of aliphatic carboxylic acids is 2. The first-order valence-electron chi connectivity index (χ1n) is 6.63. The fourth-order valence-corrected chi connectivity index (χ4v) is 1.99. The molecule has 0 aliphatic rings. The lowest BCUT2D eigenvalue weighted by Gasteiger charge is -2.20. The minimum Gasteiger partial charge on any atom is -0.481 e. The number of carboxylic acid groups (broad SMARTS) is 2. The minimum absolute atomic E-state index is 0.365. The van der Waals surface area contributed by atoms with E-state index < -0.39 is 54.9 Å². The Bertz CT molecular complexity index is 446. The maximum Gasteiger partial charge on any atom is 0.326 e. The predicted octanol–water partition coefficient (Wildman–Crippen LogP) is -2.41. The fourth-order valence-electron chi connectivity index (χ4n) is 1.50. The van der Waals surface area contributed by atoms with Gasteiger partial charge in [-0.3, -0.25) is 14.4 Å². The van der Waals surface area contributed by atoms with Crippen LogP contribution in [-0.2, 0) is 19.2 Å². The summed E-state index contributed by atoms with van der Waals surface area (Å²) in [6.45, 7) is -0.785. The van der Waals surface area contributed by atoms with Crippen LogP contribution in [0.2, 0.25) is 0 Å². The molecule has 0 saturated heterocycles. The van der Waals surface area contributed by atoms with Crippen molar-refractivity contribution < 1.29 is 34.5 Å². The van der Waals surface area contributed by atoms with Crippen LogP contribution in [0.5, 0.6) is 0 Å². The Morgan fingerprint density at radius 3 is 2.09 bits per heavy atom. The number of amides is 2. The highest BCUT2D eigenvalue weighted by Crippen LogP contribution is 2.00. The van der Waals surface area contributed by atoms with Crippen molar-refractivity contribution in [3.63, 3.8) is 0 Å². The van der Waals surface area contributed by atoms with Gasteiger partial charge >= 0.3 is 11.9 Å². The minimum atomic E-state index is -1.67. The number of carbonyl (C=O) groups is 4. The van der Waals surface area contributed by atoms with E-state index in [1.807, 2.05) is 11.6 Å². The van der Waals surface area contributed by atoms with Gasteiger partial charge in [-0.15, -0.1) is 0 Å². The lowest BCUT2D eigenvalue weighted by Crippen LogP contribution is -2.56. The molecule has 132 valence electrons. The van der Waals surface area contributed by atoms with Gasteiger partial charge in [-0.05, 0) is 18.4 Å². The van der Waals surface area contributed by atoms with Crippen molar-refractivity contribution in [2.75, 3.05) is 18.6 Å². The van der Waals surface area contributed by atoms with Crippen LogP contribution in [0.4, 0.5) is 0 Å². The van der Waals surface area contributed by atoms with Crippen molar-refractivity contribution in [2.45, 2.75) is 31.0 Å². The molecular formula is C12H21N3O7S. The van der Waals surface area contributed by atoms with Crippen molar-refractivity contribution in [1.29, 1.82) is 0 Å². The van der Waals surface area contributed by atoms with Crippen molar-refractivity contribution >= 4 is 35.5 Å². The summed E-state index contributed by atoms with van der Waals surface area (Å²) >= 11 is 1.49. The summed E-state index contributed by atoms with van der Waals surface area (Å²) in [5.41, 5.74) is 5.61. The third-order valence-corrected chi connectivity index (χ3v) is 3.42. The van der Waals surface area contributed by atoms with Gasteiger partial charge in [-0.25, -0.2) is 4.79 Å². The Hall–Kier alpha value is -1.85. The number of carbonyl (C=O) groups excluding carboxylic acids is 2. The van der Waals surface area contributed by atoms with Crippen LogP contribution < -0.4 is 16.4 Å². The molecule has 0 spiro atoms. The zero-order valence-corrected chi connectivity index (χ0v) is 13.3. The molecular weight excluding hydrogens is 330 g/mol. The van der Waals surface area contributed by atoms with Crippen LogP contribution in [0.25, 0.3) is 0 Å². The van der Waals surface area contributed by atoms with Gasteiger partial charge in [0.05, 0.1) is 19.1 Å². The molecule has 0 aromatic rings. The van der Waals surface area contributed by atoms with Gasteiger partial charge < -0.3 is 31.7 Å². The number of hydrogen-bond donors (Lipinski definition) is 6. The highest BCUT2D eigenvalue weighted by atomic mass is 32.2. The molecule has 7 N–H and O–H groups in total. The van der Waals surface area contributed by atoms with Gasteiger partial charge in [0, 0.05) is 0 Å². The number of carboxylic acids is 2. The second-order valence-corrected chi connectivity index (χ2v) is 5.61. The van der Waals surface area contributed by atoms with E-state index in [1.54, 1.807) is 0 Å². The van der Waals surface area contributed by atoms with Crippen LogP contribution in [0, 0.1) is 0 Å². The molecule has 2 amide bonds. The Morgan fingerprint density at radius 1 is 1.09 bits per heavy atom. The smallest absolute Gasteiger partial charge is 0.326 e. The van der Waals surface area contributed by atoms with E-state index in [0.717, 1.165) is 0 Å². The molecule has 0 unspecified atom stereocenters. The molecule has 0 aliphatic heterocycles. The number of nitrogens with two attached hydrogens (primary N) is 1.